The number of hydrogen-bond acceptors (Lipinski definition) is 4. The molecule has 3 aliphatic rings. The molecule has 3 aromatic rings. The third kappa shape index (κ3) is 4.52. The average Bonchev–Trinajstić information content (AvgIpc) is 3.38. The highest BCUT2D eigenvalue weighted by Gasteiger charge is 2.67. The molecule has 5 atom stereocenters. The second kappa shape index (κ2) is 10.3. The van der Waals surface area contributed by atoms with Gasteiger partial charge in [-0.15, -0.1) is 0 Å². The van der Waals surface area contributed by atoms with Crippen LogP contribution in [0.25, 0.3) is 0 Å². The Morgan fingerprint density at radius 2 is 1.78 bits per heavy atom. The van der Waals surface area contributed by atoms with Crippen LogP contribution in [-0.4, -0.2) is 49.0 Å². The molecule has 0 bridgehead atoms. The van der Waals surface area contributed by atoms with Crippen LogP contribution in [0.1, 0.15) is 30.0 Å². The number of amides is 2. The van der Waals surface area contributed by atoms with Gasteiger partial charge in [0.25, 0.3) is 5.91 Å². The molecule has 3 aliphatic heterocycles. The number of ether oxygens (including phenoxy) is 1. The quantitative estimate of drug-likeness (QED) is 0.286. The van der Waals surface area contributed by atoms with Gasteiger partial charge in [0.2, 0.25) is 14.3 Å². The van der Waals surface area contributed by atoms with Crippen molar-refractivity contribution in [2.24, 2.45) is 5.92 Å². The van der Waals surface area contributed by atoms with Crippen molar-refractivity contribution < 1.29 is 23.5 Å². The molecule has 0 radical (unpaired) electrons. The molecule has 1 spiro atoms. The van der Waals surface area contributed by atoms with Crippen LogP contribution in [0.15, 0.2) is 72.8 Å². The highest BCUT2D eigenvalue weighted by Crippen LogP contribution is 2.61. The maximum atomic E-state index is 16.2. The molecule has 3 aromatic carbocycles. The standard InChI is InChI=1S/C32H34ClFN2O4Si/c1-20-30(41(2,3)34)28(17-29(38)35-18-22-10-8-7-9-21(22)15-25(35)19-37)40-32(20)26-16-23(33)13-14-27(26)36(31(32)39)24-11-5-4-6-12-24/h4-14,16,20,25,28,30,37H,15,17-19H2,1-3H3/t20-,25-,28+,30-,32+/m0/s1. The van der Waals surface area contributed by atoms with Crippen molar-refractivity contribution in [2.45, 2.75) is 62.7 Å². The fourth-order valence-corrected chi connectivity index (χ4v) is 9.98. The van der Waals surface area contributed by atoms with Crippen LogP contribution in [0.3, 0.4) is 0 Å². The summed E-state index contributed by atoms with van der Waals surface area (Å²) in [6, 6.07) is 22.1. The van der Waals surface area contributed by atoms with Gasteiger partial charge in [-0.2, -0.15) is 0 Å². The van der Waals surface area contributed by atoms with E-state index in [1.807, 2.05) is 61.5 Å². The molecule has 1 fully saturated rings. The van der Waals surface area contributed by atoms with Crippen molar-refractivity contribution in [1.82, 2.24) is 4.90 Å². The number of hydrogen-bond donors (Lipinski definition) is 1. The van der Waals surface area contributed by atoms with Crippen LogP contribution in [0.4, 0.5) is 15.5 Å². The Kier molecular flexibility index (Phi) is 7.09. The van der Waals surface area contributed by atoms with E-state index < -0.39 is 31.6 Å². The number of aliphatic hydroxyl groups excluding tert-OH is 1. The number of carbonyl (C=O) groups is 2. The van der Waals surface area contributed by atoms with Crippen LogP contribution in [0, 0.1) is 5.92 Å². The number of para-hydroxylation sites is 1. The smallest absolute Gasteiger partial charge is 0.268 e. The highest BCUT2D eigenvalue weighted by molar-refractivity contribution is 6.72. The first-order valence-electron chi connectivity index (χ1n) is 14.1. The number of carbonyl (C=O) groups excluding carboxylic acids is 2. The summed E-state index contributed by atoms with van der Waals surface area (Å²) in [7, 11) is -3.46. The largest absolute Gasteiger partial charge is 0.394 e. The topological polar surface area (TPSA) is 70.1 Å². The summed E-state index contributed by atoms with van der Waals surface area (Å²) in [5.41, 5.74) is 1.97. The minimum Gasteiger partial charge on any atom is -0.394 e. The van der Waals surface area contributed by atoms with E-state index in [4.69, 9.17) is 16.3 Å². The second-order valence-corrected chi connectivity index (χ2v) is 16.2. The van der Waals surface area contributed by atoms with Gasteiger partial charge in [0.15, 0.2) is 5.60 Å². The Morgan fingerprint density at radius 1 is 1.10 bits per heavy atom. The predicted octanol–water partition coefficient (Wildman–Crippen LogP) is 6.13. The van der Waals surface area contributed by atoms with Crippen LogP contribution in [0.5, 0.6) is 0 Å². The molecule has 6 nitrogen and oxygen atoms in total. The van der Waals surface area contributed by atoms with E-state index in [2.05, 4.69) is 0 Å². The normalized spacial score (nSPS) is 27.3. The zero-order chi connectivity index (χ0) is 29.1. The molecule has 1 N–H and O–H groups in total. The molecule has 3 heterocycles. The lowest BCUT2D eigenvalue weighted by molar-refractivity contribution is -0.150. The van der Waals surface area contributed by atoms with E-state index in [1.165, 1.54) is 0 Å². The monoisotopic (exact) mass is 592 g/mol. The predicted molar refractivity (Wildman–Crippen MR) is 159 cm³/mol. The van der Waals surface area contributed by atoms with Crippen molar-refractivity contribution >= 4 is 43.2 Å². The van der Waals surface area contributed by atoms with Gasteiger partial charge in [-0.1, -0.05) is 61.0 Å². The van der Waals surface area contributed by atoms with Crippen LogP contribution >= 0.6 is 11.6 Å². The first-order valence-corrected chi connectivity index (χ1v) is 17.4. The fraction of sp³-hybridized carbons (Fsp3) is 0.375. The molecule has 0 aromatic heterocycles. The van der Waals surface area contributed by atoms with Crippen molar-refractivity contribution in [2.75, 3.05) is 11.5 Å². The minimum absolute atomic E-state index is 0.0791. The van der Waals surface area contributed by atoms with E-state index in [-0.39, 0.29) is 30.9 Å². The number of anilines is 2. The number of nitrogens with zero attached hydrogens (tertiary/aromatic N) is 2. The molecule has 214 valence electrons. The number of fused-ring (bicyclic) bond motifs is 3. The van der Waals surface area contributed by atoms with Crippen molar-refractivity contribution in [3.05, 3.63) is 94.5 Å². The van der Waals surface area contributed by atoms with E-state index in [0.717, 1.165) is 11.1 Å². The van der Waals surface area contributed by atoms with Crippen LogP contribution < -0.4 is 4.90 Å². The lowest BCUT2D eigenvalue weighted by Gasteiger charge is -2.37. The third-order valence-corrected chi connectivity index (χ3v) is 11.8. The zero-order valence-electron chi connectivity index (χ0n) is 23.4. The lowest BCUT2D eigenvalue weighted by atomic mass is 9.82. The Hall–Kier alpha value is -3.04. The first kappa shape index (κ1) is 28.1. The molecule has 0 saturated carbocycles. The maximum Gasteiger partial charge on any atom is 0.268 e. The Morgan fingerprint density at radius 3 is 2.46 bits per heavy atom. The summed E-state index contributed by atoms with van der Waals surface area (Å²) in [4.78, 5) is 31.7. The molecular formula is C32H34ClFN2O4Si. The molecule has 0 aliphatic carbocycles. The molecule has 0 unspecified atom stereocenters. The number of halogens is 2. The number of rotatable bonds is 5. The van der Waals surface area contributed by atoms with Gasteiger partial charge in [0.1, 0.15) is 0 Å². The van der Waals surface area contributed by atoms with Gasteiger partial charge < -0.3 is 18.9 Å². The summed E-state index contributed by atoms with van der Waals surface area (Å²) in [6.45, 7) is 5.31. The summed E-state index contributed by atoms with van der Waals surface area (Å²) >= 11 is 6.46. The summed E-state index contributed by atoms with van der Waals surface area (Å²) in [5.74, 6) is -1.05. The summed E-state index contributed by atoms with van der Waals surface area (Å²) < 4.78 is 23.0. The van der Waals surface area contributed by atoms with Crippen molar-refractivity contribution in [1.29, 1.82) is 0 Å². The minimum atomic E-state index is -3.46. The van der Waals surface area contributed by atoms with Crippen LogP contribution in [-0.2, 0) is 32.9 Å². The fourth-order valence-electron chi connectivity index (χ4n) is 7.31. The van der Waals surface area contributed by atoms with Crippen molar-refractivity contribution in [3.63, 3.8) is 0 Å². The summed E-state index contributed by atoms with van der Waals surface area (Å²) in [6.07, 6.45) is -0.343. The average molecular weight is 593 g/mol. The van der Waals surface area contributed by atoms with Gasteiger partial charge in [-0.25, -0.2) is 0 Å². The van der Waals surface area contributed by atoms with Gasteiger partial charge in [-0.05, 0) is 61.0 Å². The third-order valence-electron chi connectivity index (χ3n) is 9.11. The molecule has 2 amide bonds. The Labute approximate surface area is 245 Å². The Bertz CT molecular complexity index is 1500. The van der Waals surface area contributed by atoms with E-state index in [9.17, 15) is 14.7 Å². The second-order valence-electron chi connectivity index (χ2n) is 11.9. The number of benzene rings is 3. The molecule has 1 saturated heterocycles. The van der Waals surface area contributed by atoms with Crippen LogP contribution in [0.2, 0.25) is 23.7 Å². The maximum absolute atomic E-state index is 16.2. The highest BCUT2D eigenvalue weighted by atomic mass is 35.5. The SMILES string of the molecule is C[C@H]1[C@H]([Si](C)(C)F)[C@@H](CC(=O)N2Cc3ccccc3C[C@H]2CO)O[C@]12C(=O)N(c1ccccc1)c1ccc(Cl)cc12. The van der Waals surface area contributed by atoms with Gasteiger partial charge in [0.05, 0.1) is 30.9 Å². The molecule has 6 rings (SSSR count). The lowest BCUT2D eigenvalue weighted by Crippen LogP contribution is -2.48. The van der Waals surface area contributed by atoms with Crippen molar-refractivity contribution in [3.8, 4) is 0 Å². The molecular weight excluding hydrogens is 559 g/mol. The van der Waals surface area contributed by atoms with E-state index in [1.54, 1.807) is 41.1 Å². The van der Waals surface area contributed by atoms with E-state index >= 15 is 4.11 Å². The van der Waals surface area contributed by atoms with Gasteiger partial charge in [0, 0.05) is 34.3 Å². The summed E-state index contributed by atoms with van der Waals surface area (Å²) in [5, 5.41) is 10.6. The zero-order valence-corrected chi connectivity index (χ0v) is 25.1. The number of aliphatic hydroxyl groups is 1. The first-order chi connectivity index (χ1) is 19.6. The molecule has 41 heavy (non-hydrogen) atoms. The molecule has 9 heteroatoms. The van der Waals surface area contributed by atoms with E-state index in [0.29, 0.717) is 34.9 Å². The van der Waals surface area contributed by atoms with Gasteiger partial charge in [-0.3, -0.25) is 14.5 Å². The Balaban J connectivity index is 1.38. The van der Waals surface area contributed by atoms with Gasteiger partial charge >= 0.3 is 0 Å².